The van der Waals surface area contributed by atoms with Gasteiger partial charge in [0.15, 0.2) is 11.5 Å². The summed E-state index contributed by atoms with van der Waals surface area (Å²) >= 11 is 1.52. The van der Waals surface area contributed by atoms with E-state index in [1.165, 1.54) is 17.3 Å². The van der Waals surface area contributed by atoms with E-state index in [0.717, 1.165) is 48.9 Å². The summed E-state index contributed by atoms with van der Waals surface area (Å²) in [6.07, 6.45) is 6.73. The molecule has 1 saturated heterocycles. The molecule has 2 aliphatic rings. The minimum absolute atomic E-state index is 0.0450. The van der Waals surface area contributed by atoms with Crippen molar-refractivity contribution in [3.8, 4) is 11.5 Å². The number of ether oxygens (including phenoxy) is 2. The van der Waals surface area contributed by atoms with Crippen molar-refractivity contribution < 1.29 is 14.3 Å². The predicted molar refractivity (Wildman–Crippen MR) is 106 cm³/mol. The molecule has 1 atom stereocenters. The first-order valence-corrected chi connectivity index (χ1v) is 10.5. The van der Waals surface area contributed by atoms with Gasteiger partial charge < -0.3 is 14.4 Å². The van der Waals surface area contributed by atoms with Crippen LogP contribution >= 0.6 is 11.8 Å². The van der Waals surface area contributed by atoms with Gasteiger partial charge in [0.1, 0.15) is 5.03 Å². The molecule has 0 aliphatic carbocycles. The molecular weight excluding hydrogens is 360 g/mol. The number of aromatic nitrogens is 1. The first-order valence-electron chi connectivity index (χ1n) is 9.25. The first-order chi connectivity index (χ1) is 13.1. The fraction of sp³-hybridized carbons (Fsp3) is 0.429. The lowest BCUT2D eigenvalue weighted by Gasteiger charge is -2.41. The van der Waals surface area contributed by atoms with Crippen LogP contribution in [0.1, 0.15) is 35.7 Å². The molecule has 0 spiro atoms. The van der Waals surface area contributed by atoms with E-state index in [2.05, 4.69) is 24.0 Å². The van der Waals surface area contributed by atoms with Crippen molar-refractivity contribution in [1.82, 2.24) is 9.88 Å². The van der Waals surface area contributed by atoms with Crippen LogP contribution in [-0.4, -0.2) is 41.9 Å². The van der Waals surface area contributed by atoms with Crippen molar-refractivity contribution in [2.45, 2.75) is 31.2 Å². The van der Waals surface area contributed by atoms with Crippen LogP contribution in [0.3, 0.4) is 0 Å². The van der Waals surface area contributed by atoms with Gasteiger partial charge in [-0.2, -0.15) is 0 Å². The Bertz CT molecular complexity index is 857. The average Bonchev–Trinajstić information content (AvgIpc) is 3.15. The Hall–Kier alpha value is -2.21. The number of amides is 1. The Morgan fingerprint density at radius 1 is 1.30 bits per heavy atom. The van der Waals surface area contributed by atoms with Crippen LogP contribution in [0.15, 0.2) is 41.6 Å². The summed E-state index contributed by atoms with van der Waals surface area (Å²) in [5, 5.41) is 0.797. The highest BCUT2D eigenvalue weighted by Gasteiger charge is 2.34. The number of carbonyl (C=O) groups is 1. The van der Waals surface area contributed by atoms with Crippen LogP contribution in [0.4, 0.5) is 0 Å². The maximum atomic E-state index is 13.1. The monoisotopic (exact) mass is 384 g/mol. The lowest BCUT2D eigenvalue weighted by Crippen LogP contribution is -2.46. The van der Waals surface area contributed by atoms with E-state index >= 15 is 0 Å². The molecule has 1 fully saturated rings. The number of benzene rings is 1. The van der Waals surface area contributed by atoms with E-state index in [0.29, 0.717) is 12.4 Å². The molecule has 3 heterocycles. The summed E-state index contributed by atoms with van der Waals surface area (Å²) in [5.74, 6) is 1.72. The highest BCUT2D eigenvalue weighted by molar-refractivity contribution is 7.98. The van der Waals surface area contributed by atoms with Gasteiger partial charge in [-0.05, 0) is 60.8 Å². The number of fused-ring (bicyclic) bond motifs is 1. The second-order valence-electron chi connectivity index (χ2n) is 7.57. The van der Waals surface area contributed by atoms with Gasteiger partial charge in [0.25, 0.3) is 5.91 Å². The number of pyridine rings is 1. The summed E-state index contributed by atoms with van der Waals surface area (Å²) in [6, 6.07) is 9.87. The van der Waals surface area contributed by atoms with Crippen molar-refractivity contribution >= 4 is 17.7 Å². The molecule has 0 unspecified atom stereocenters. The van der Waals surface area contributed by atoms with Crippen LogP contribution in [0.25, 0.3) is 0 Å². The van der Waals surface area contributed by atoms with Gasteiger partial charge in [-0.3, -0.25) is 4.79 Å². The van der Waals surface area contributed by atoms with Gasteiger partial charge in [-0.15, -0.1) is 11.8 Å². The van der Waals surface area contributed by atoms with E-state index < -0.39 is 0 Å². The van der Waals surface area contributed by atoms with Crippen LogP contribution in [-0.2, 0) is 6.42 Å². The van der Waals surface area contributed by atoms with Crippen LogP contribution < -0.4 is 9.47 Å². The fourth-order valence-corrected chi connectivity index (χ4v) is 4.61. The van der Waals surface area contributed by atoms with Gasteiger partial charge in [0.2, 0.25) is 6.79 Å². The van der Waals surface area contributed by atoms with Crippen LogP contribution in [0.2, 0.25) is 0 Å². The third-order valence-electron chi connectivity index (χ3n) is 5.33. The molecule has 0 bridgehead atoms. The quantitative estimate of drug-likeness (QED) is 0.746. The van der Waals surface area contributed by atoms with Gasteiger partial charge in [-0.1, -0.05) is 13.0 Å². The van der Waals surface area contributed by atoms with Crippen molar-refractivity contribution in [3.63, 3.8) is 0 Å². The van der Waals surface area contributed by atoms with E-state index in [1.54, 1.807) is 6.20 Å². The fourth-order valence-electron chi connectivity index (χ4n) is 4.06. The highest BCUT2D eigenvalue weighted by atomic mass is 32.2. The molecule has 2 aromatic rings. The number of likely N-dealkylation sites (tertiary alicyclic amines) is 1. The molecule has 2 aliphatic heterocycles. The maximum Gasteiger partial charge on any atom is 0.256 e. The molecule has 1 aromatic heterocycles. The number of thioether (sulfide) groups is 1. The van der Waals surface area contributed by atoms with Crippen molar-refractivity contribution in [2.75, 3.05) is 26.1 Å². The zero-order valence-corrected chi connectivity index (χ0v) is 16.6. The molecule has 0 radical (unpaired) electrons. The Morgan fingerprint density at radius 2 is 2.15 bits per heavy atom. The molecule has 27 heavy (non-hydrogen) atoms. The van der Waals surface area contributed by atoms with Gasteiger partial charge in [0, 0.05) is 19.3 Å². The molecule has 5 nitrogen and oxygen atoms in total. The molecule has 6 heteroatoms. The minimum Gasteiger partial charge on any atom is -0.454 e. The summed E-state index contributed by atoms with van der Waals surface area (Å²) in [6.45, 7) is 4.12. The van der Waals surface area contributed by atoms with Crippen molar-refractivity contribution in [2.24, 2.45) is 5.41 Å². The van der Waals surface area contributed by atoms with Crippen molar-refractivity contribution in [1.29, 1.82) is 0 Å². The minimum atomic E-state index is 0.0450. The molecule has 1 aromatic carbocycles. The lowest BCUT2D eigenvalue weighted by molar-refractivity contribution is 0.0546. The van der Waals surface area contributed by atoms with Gasteiger partial charge in [0.05, 0.1) is 5.56 Å². The number of carbonyl (C=O) groups excluding carboxylic acids is 1. The third kappa shape index (κ3) is 3.76. The Kier molecular flexibility index (Phi) is 5.00. The number of piperidine rings is 1. The smallest absolute Gasteiger partial charge is 0.256 e. The normalized spacial score (nSPS) is 21.3. The second kappa shape index (κ2) is 7.43. The van der Waals surface area contributed by atoms with Crippen LogP contribution in [0, 0.1) is 5.41 Å². The number of hydrogen-bond acceptors (Lipinski definition) is 5. The molecule has 0 saturated carbocycles. The number of rotatable bonds is 4. The standard InChI is InChI=1S/C21H24N2O3S/c1-21(12-15-6-7-17-18(11-15)26-14-25-17)8-4-10-23(13-21)20(24)16-5-3-9-22-19(16)27-2/h3,5-7,9,11H,4,8,10,12-14H2,1-2H3/t21-/m0/s1. The van der Waals surface area contributed by atoms with Gasteiger partial charge in [-0.25, -0.2) is 4.98 Å². The lowest BCUT2D eigenvalue weighted by atomic mass is 9.76. The molecule has 142 valence electrons. The maximum absolute atomic E-state index is 13.1. The van der Waals surface area contributed by atoms with E-state index in [-0.39, 0.29) is 11.3 Å². The number of hydrogen-bond donors (Lipinski definition) is 0. The molecule has 1 amide bonds. The topological polar surface area (TPSA) is 51.7 Å². The third-order valence-corrected chi connectivity index (χ3v) is 6.04. The summed E-state index contributed by atoms with van der Waals surface area (Å²) < 4.78 is 10.9. The first kappa shape index (κ1) is 18.2. The van der Waals surface area contributed by atoms with E-state index in [9.17, 15) is 4.79 Å². The molecular formula is C21H24N2O3S. The Morgan fingerprint density at radius 3 is 3.00 bits per heavy atom. The number of nitrogens with zero attached hydrogens (tertiary/aromatic N) is 2. The van der Waals surface area contributed by atoms with Crippen molar-refractivity contribution in [3.05, 3.63) is 47.7 Å². The summed E-state index contributed by atoms with van der Waals surface area (Å²) in [5.41, 5.74) is 1.98. The Balaban J connectivity index is 1.50. The average molecular weight is 385 g/mol. The molecule has 0 N–H and O–H groups in total. The predicted octanol–water partition coefficient (Wildman–Crippen LogP) is 4.02. The SMILES string of the molecule is CSc1ncccc1C(=O)N1CCC[C@@](C)(Cc2ccc3c(c2)OCO3)C1. The molecule has 4 rings (SSSR count). The highest BCUT2D eigenvalue weighted by Crippen LogP contribution is 2.38. The van der Waals surface area contributed by atoms with Crippen LogP contribution in [0.5, 0.6) is 11.5 Å². The van der Waals surface area contributed by atoms with Gasteiger partial charge >= 0.3 is 0 Å². The van der Waals surface area contributed by atoms with E-state index in [1.807, 2.05) is 29.4 Å². The Labute approximate surface area is 164 Å². The second-order valence-corrected chi connectivity index (χ2v) is 8.36. The summed E-state index contributed by atoms with van der Waals surface area (Å²) in [4.78, 5) is 19.4. The largest absolute Gasteiger partial charge is 0.454 e. The zero-order valence-electron chi connectivity index (χ0n) is 15.7. The van der Waals surface area contributed by atoms with E-state index in [4.69, 9.17) is 9.47 Å². The summed E-state index contributed by atoms with van der Waals surface area (Å²) in [7, 11) is 0. The zero-order chi connectivity index (χ0) is 18.9.